The lowest BCUT2D eigenvalue weighted by Gasteiger charge is -2.37. The Hall–Kier alpha value is -2.25. The van der Waals surface area contributed by atoms with Gasteiger partial charge >= 0.3 is 0 Å². The standard InChI is InChI=1S/C16H12ClFN4OS/c17-14-11(4-2-6-19-14)20-15(23)9-7-22(8-9)16-21-13-10(18)3-1-5-12(13)24-16/h1-6,9H,7-8H2,(H,20,23). The SMILES string of the molecule is O=C(Nc1cccnc1Cl)C1CN(c2nc3c(F)cccc3s2)C1. The normalized spacial score (nSPS) is 14.7. The number of anilines is 2. The van der Waals surface area contributed by atoms with Crippen molar-refractivity contribution in [3.63, 3.8) is 0 Å². The molecule has 0 atom stereocenters. The number of nitrogens with zero attached hydrogens (tertiary/aromatic N) is 3. The zero-order valence-corrected chi connectivity index (χ0v) is 13.9. The molecule has 1 aromatic carbocycles. The van der Waals surface area contributed by atoms with Gasteiger partial charge in [-0.05, 0) is 24.3 Å². The minimum Gasteiger partial charge on any atom is -0.346 e. The molecule has 1 aliphatic heterocycles. The number of fused-ring (bicyclic) bond motifs is 1. The lowest BCUT2D eigenvalue weighted by Crippen LogP contribution is -2.52. The Morgan fingerprint density at radius 3 is 2.92 bits per heavy atom. The first-order chi connectivity index (χ1) is 11.6. The van der Waals surface area contributed by atoms with Gasteiger partial charge in [0.25, 0.3) is 0 Å². The van der Waals surface area contributed by atoms with E-state index in [-0.39, 0.29) is 22.8 Å². The molecular formula is C16H12ClFN4OS. The highest BCUT2D eigenvalue weighted by molar-refractivity contribution is 7.22. The molecule has 2 aromatic heterocycles. The minimum atomic E-state index is -0.323. The van der Waals surface area contributed by atoms with Crippen molar-refractivity contribution in [1.82, 2.24) is 9.97 Å². The van der Waals surface area contributed by atoms with Crippen molar-refractivity contribution in [3.05, 3.63) is 47.5 Å². The molecule has 1 N–H and O–H groups in total. The summed E-state index contributed by atoms with van der Waals surface area (Å²) in [7, 11) is 0. The number of para-hydroxylation sites is 1. The van der Waals surface area contributed by atoms with E-state index in [2.05, 4.69) is 15.3 Å². The van der Waals surface area contributed by atoms with Gasteiger partial charge in [-0.3, -0.25) is 4.79 Å². The quantitative estimate of drug-likeness (QED) is 0.724. The van der Waals surface area contributed by atoms with Gasteiger partial charge in [-0.15, -0.1) is 0 Å². The van der Waals surface area contributed by atoms with Crippen LogP contribution in [0.25, 0.3) is 10.2 Å². The third-order valence-electron chi connectivity index (χ3n) is 3.90. The van der Waals surface area contributed by atoms with Crippen molar-refractivity contribution in [2.45, 2.75) is 0 Å². The Morgan fingerprint density at radius 2 is 2.17 bits per heavy atom. The Balaban J connectivity index is 1.43. The average Bonchev–Trinajstić information content (AvgIpc) is 2.93. The minimum absolute atomic E-state index is 0.103. The van der Waals surface area contributed by atoms with Gasteiger partial charge < -0.3 is 10.2 Å². The predicted octanol–water partition coefficient (Wildman–Crippen LogP) is 3.56. The van der Waals surface area contributed by atoms with Gasteiger partial charge in [0.1, 0.15) is 11.3 Å². The molecule has 4 rings (SSSR count). The molecule has 0 spiro atoms. The first kappa shape index (κ1) is 15.3. The van der Waals surface area contributed by atoms with E-state index in [4.69, 9.17) is 11.6 Å². The van der Waals surface area contributed by atoms with Crippen LogP contribution in [0.2, 0.25) is 5.15 Å². The predicted molar refractivity (Wildman–Crippen MR) is 93.2 cm³/mol. The summed E-state index contributed by atoms with van der Waals surface area (Å²) in [5.74, 6) is -0.581. The monoisotopic (exact) mass is 362 g/mol. The fourth-order valence-corrected chi connectivity index (χ4v) is 3.72. The number of halogens is 2. The molecule has 3 aromatic rings. The van der Waals surface area contributed by atoms with E-state index in [1.807, 2.05) is 11.0 Å². The number of amides is 1. The molecule has 1 amide bonds. The van der Waals surface area contributed by atoms with Crippen LogP contribution in [-0.2, 0) is 4.79 Å². The molecule has 122 valence electrons. The maximum absolute atomic E-state index is 13.7. The topological polar surface area (TPSA) is 58.1 Å². The second kappa shape index (κ2) is 5.99. The molecule has 0 aliphatic carbocycles. The molecule has 0 unspecified atom stereocenters. The molecule has 3 heterocycles. The number of thiazole rings is 1. The van der Waals surface area contributed by atoms with Crippen LogP contribution in [0.4, 0.5) is 15.2 Å². The van der Waals surface area contributed by atoms with Crippen LogP contribution in [0.5, 0.6) is 0 Å². The number of rotatable bonds is 3. The Kier molecular flexibility index (Phi) is 3.82. The summed E-state index contributed by atoms with van der Waals surface area (Å²) in [6, 6.07) is 8.33. The van der Waals surface area contributed by atoms with Crippen LogP contribution in [-0.4, -0.2) is 29.0 Å². The van der Waals surface area contributed by atoms with Gasteiger partial charge in [0.15, 0.2) is 10.3 Å². The van der Waals surface area contributed by atoms with E-state index in [0.717, 1.165) is 9.83 Å². The van der Waals surface area contributed by atoms with Gasteiger partial charge in [-0.1, -0.05) is 29.0 Å². The summed E-state index contributed by atoms with van der Waals surface area (Å²) < 4.78 is 14.5. The molecule has 0 saturated carbocycles. The first-order valence-corrected chi connectivity index (χ1v) is 8.52. The van der Waals surface area contributed by atoms with E-state index in [1.54, 1.807) is 24.4 Å². The van der Waals surface area contributed by atoms with Crippen LogP contribution >= 0.6 is 22.9 Å². The zero-order valence-electron chi connectivity index (χ0n) is 12.4. The largest absolute Gasteiger partial charge is 0.346 e. The van der Waals surface area contributed by atoms with Crippen molar-refractivity contribution < 1.29 is 9.18 Å². The van der Waals surface area contributed by atoms with Gasteiger partial charge in [-0.25, -0.2) is 14.4 Å². The summed E-state index contributed by atoms with van der Waals surface area (Å²) in [5.41, 5.74) is 0.886. The number of nitrogens with one attached hydrogen (secondary N) is 1. The zero-order chi connectivity index (χ0) is 16.7. The lowest BCUT2D eigenvalue weighted by molar-refractivity contribution is -0.120. The second-order valence-electron chi connectivity index (χ2n) is 5.52. The van der Waals surface area contributed by atoms with Crippen molar-refractivity contribution in [1.29, 1.82) is 0 Å². The van der Waals surface area contributed by atoms with E-state index in [9.17, 15) is 9.18 Å². The third-order valence-corrected chi connectivity index (χ3v) is 5.28. The summed E-state index contributed by atoms with van der Waals surface area (Å²) in [6.45, 7) is 1.09. The van der Waals surface area contributed by atoms with E-state index < -0.39 is 0 Å². The molecule has 1 fully saturated rings. The molecule has 1 saturated heterocycles. The highest BCUT2D eigenvalue weighted by atomic mass is 35.5. The number of pyridine rings is 1. The Bertz CT molecular complexity index is 925. The summed E-state index contributed by atoms with van der Waals surface area (Å²) >= 11 is 7.37. The summed E-state index contributed by atoms with van der Waals surface area (Å²) in [5, 5.41) is 3.78. The fourth-order valence-electron chi connectivity index (χ4n) is 2.55. The highest BCUT2D eigenvalue weighted by Crippen LogP contribution is 2.34. The van der Waals surface area contributed by atoms with Crippen LogP contribution < -0.4 is 10.2 Å². The number of benzene rings is 1. The van der Waals surface area contributed by atoms with E-state index in [0.29, 0.717) is 24.3 Å². The number of aromatic nitrogens is 2. The Morgan fingerprint density at radius 1 is 1.33 bits per heavy atom. The number of hydrogen-bond donors (Lipinski definition) is 1. The molecule has 1 aliphatic rings. The molecule has 0 radical (unpaired) electrons. The molecule has 0 bridgehead atoms. The van der Waals surface area contributed by atoms with Crippen LogP contribution in [0, 0.1) is 11.7 Å². The van der Waals surface area contributed by atoms with Crippen LogP contribution in [0.15, 0.2) is 36.5 Å². The number of carbonyl (C=O) groups is 1. The van der Waals surface area contributed by atoms with Gasteiger partial charge in [0.05, 0.1) is 16.3 Å². The maximum Gasteiger partial charge on any atom is 0.231 e. The van der Waals surface area contributed by atoms with Gasteiger partial charge in [-0.2, -0.15) is 0 Å². The van der Waals surface area contributed by atoms with Crippen molar-refractivity contribution in [2.75, 3.05) is 23.3 Å². The van der Waals surface area contributed by atoms with Crippen LogP contribution in [0.1, 0.15) is 0 Å². The van der Waals surface area contributed by atoms with E-state index in [1.165, 1.54) is 17.4 Å². The van der Waals surface area contributed by atoms with Crippen molar-refractivity contribution in [3.8, 4) is 0 Å². The smallest absolute Gasteiger partial charge is 0.231 e. The molecular weight excluding hydrogens is 351 g/mol. The number of carbonyl (C=O) groups excluding carboxylic acids is 1. The first-order valence-electron chi connectivity index (χ1n) is 7.33. The molecule has 8 heteroatoms. The number of hydrogen-bond acceptors (Lipinski definition) is 5. The van der Waals surface area contributed by atoms with Gasteiger partial charge in [0, 0.05) is 19.3 Å². The second-order valence-corrected chi connectivity index (χ2v) is 6.88. The van der Waals surface area contributed by atoms with E-state index >= 15 is 0 Å². The fraction of sp³-hybridized carbons (Fsp3) is 0.188. The molecule has 5 nitrogen and oxygen atoms in total. The van der Waals surface area contributed by atoms with Crippen molar-refractivity contribution in [2.24, 2.45) is 5.92 Å². The Labute approximate surface area is 146 Å². The lowest BCUT2D eigenvalue weighted by atomic mass is 10.00. The third kappa shape index (κ3) is 2.70. The van der Waals surface area contributed by atoms with Crippen molar-refractivity contribution >= 4 is 49.9 Å². The van der Waals surface area contributed by atoms with Crippen LogP contribution in [0.3, 0.4) is 0 Å². The summed E-state index contributed by atoms with van der Waals surface area (Å²) in [6.07, 6.45) is 1.56. The average molecular weight is 363 g/mol. The highest BCUT2D eigenvalue weighted by Gasteiger charge is 2.34. The summed E-state index contributed by atoms with van der Waals surface area (Å²) in [4.78, 5) is 22.5. The van der Waals surface area contributed by atoms with Gasteiger partial charge in [0.2, 0.25) is 5.91 Å². The maximum atomic E-state index is 13.7. The molecule has 24 heavy (non-hydrogen) atoms.